The van der Waals surface area contributed by atoms with Gasteiger partial charge in [0.1, 0.15) is 0 Å². The van der Waals surface area contributed by atoms with Crippen LogP contribution in [0.3, 0.4) is 0 Å². The van der Waals surface area contributed by atoms with Gasteiger partial charge in [0.25, 0.3) is 0 Å². The number of aliphatic hydroxyl groups excluding tert-OH is 1. The number of rotatable bonds is 7. The molecule has 0 spiro atoms. The van der Waals surface area contributed by atoms with Crippen LogP contribution in [0.4, 0.5) is 0 Å². The normalized spacial score (nSPS) is 13.3. The van der Waals surface area contributed by atoms with Crippen LogP contribution in [-0.4, -0.2) is 32.7 Å². The summed E-state index contributed by atoms with van der Waals surface area (Å²) in [6.45, 7) is 8.59. The molecular weight excluding hydrogens is 204 g/mol. The monoisotopic (exact) mass is 226 g/mol. The van der Waals surface area contributed by atoms with E-state index in [1.54, 1.807) is 11.6 Å². The molecule has 1 unspecified atom stereocenters. The van der Waals surface area contributed by atoms with Gasteiger partial charge in [0.05, 0.1) is 11.8 Å². The summed E-state index contributed by atoms with van der Waals surface area (Å²) in [6.07, 6.45) is 2.35. The first-order valence-electron chi connectivity index (χ1n) is 5.85. The molecule has 0 fully saturated rings. The first-order valence-corrected chi connectivity index (χ1v) is 5.85. The SMILES string of the molecule is CC(C)CNCc1cn(CCC(C)O)nn1. The number of aryl methyl sites for hydroxylation is 1. The molecule has 1 heterocycles. The van der Waals surface area contributed by atoms with E-state index in [-0.39, 0.29) is 6.10 Å². The lowest BCUT2D eigenvalue weighted by Crippen LogP contribution is -2.19. The molecule has 1 aromatic heterocycles. The highest BCUT2D eigenvalue weighted by atomic mass is 16.3. The third-order valence-corrected chi connectivity index (χ3v) is 2.22. The summed E-state index contributed by atoms with van der Waals surface area (Å²) in [4.78, 5) is 0. The standard InChI is InChI=1S/C11H22N4O/c1-9(2)6-12-7-11-8-15(14-13-11)5-4-10(3)16/h8-10,12,16H,4-7H2,1-3H3. The number of hydrogen-bond acceptors (Lipinski definition) is 4. The van der Waals surface area contributed by atoms with Crippen LogP contribution < -0.4 is 5.32 Å². The summed E-state index contributed by atoms with van der Waals surface area (Å²) in [5, 5.41) is 20.5. The van der Waals surface area contributed by atoms with E-state index in [0.717, 1.165) is 25.3 Å². The molecule has 92 valence electrons. The van der Waals surface area contributed by atoms with Gasteiger partial charge in [-0.1, -0.05) is 19.1 Å². The smallest absolute Gasteiger partial charge is 0.0964 e. The Bertz CT molecular complexity index is 296. The topological polar surface area (TPSA) is 63.0 Å². The summed E-state index contributed by atoms with van der Waals surface area (Å²) >= 11 is 0. The van der Waals surface area contributed by atoms with Gasteiger partial charge in [-0.15, -0.1) is 5.10 Å². The first-order chi connectivity index (χ1) is 7.58. The summed E-state index contributed by atoms with van der Waals surface area (Å²) in [5.41, 5.74) is 0.950. The maximum atomic E-state index is 9.15. The highest BCUT2D eigenvalue weighted by Gasteiger charge is 2.02. The van der Waals surface area contributed by atoms with E-state index in [2.05, 4.69) is 29.5 Å². The molecule has 0 bridgehead atoms. The van der Waals surface area contributed by atoms with Crippen molar-refractivity contribution in [1.29, 1.82) is 0 Å². The fourth-order valence-electron chi connectivity index (χ4n) is 1.34. The van der Waals surface area contributed by atoms with Gasteiger partial charge in [0.2, 0.25) is 0 Å². The lowest BCUT2D eigenvalue weighted by Gasteiger charge is -2.04. The predicted octanol–water partition coefficient (Wildman–Crippen LogP) is 0.795. The number of nitrogens with one attached hydrogen (secondary N) is 1. The highest BCUT2D eigenvalue weighted by molar-refractivity contribution is 4.91. The maximum Gasteiger partial charge on any atom is 0.0964 e. The van der Waals surface area contributed by atoms with Crippen molar-refractivity contribution in [2.75, 3.05) is 6.54 Å². The van der Waals surface area contributed by atoms with Gasteiger partial charge in [0.15, 0.2) is 0 Å². The number of aliphatic hydroxyl groups is 1. The summed E-state index contributed by atoms with van der Waals surface area (Å²) < 4.78 is 1.78. The molecule has 1 rings (SSSR count). The minimum atomic E-state index is -0.285. The Balaban J connectivity index is 2.28. The summed E-state index contributed by atoms with van der Waals surface area (Å²) in [6, 6.07) is 0. The van der Waals surface area contributed by atoms with Gasteiger partial charge in [-0.3, -0.25) is 4.68 Å². The van der Waals surface area contributed by atoms with Crippen LogP contribution in [0.15, 0.2) is 6.20 Å². The molecule has 0 aliphatic carbocycles. The highest BCUT2D eigenvalue weighted by Crippen LogP contribution is 1.97. The van der Waals surface area contributed by atoms with E-state index >= 15 is 0 Å². The van der Waals surface area contributed by atoms with Gasteiger partial charge in [-0.25, -0.2) is 0 Å². The Labute approximate surface area is 96.9 Å². The zero-order chi connectivity index (χ0) is 12.0. The minimum absolute atomic E-state index is 0.285. The van der Waals surface area contributed by atoms with E-state index in [4.69, 9.17) is 5.11 Å². The van der Waals surface area contributed by atoms with Crippen LogP contribution in [0.1, 0.15) is 32.9 Å². The molecule has 0 saturated heterocycles. The number of aromatic nitrogens is 3. The summed E-state index contributed by atoms with van der Waals surface area (Å²) in [5.74, 6) is 0.644. The Morgan fingerprint density at radius 3 is 2.81 bits per heavy atom. The Morgan fingerprint density at radius 1 is 1.44 bits per heavy atom. The molecule has 1 atom stereocenters. The van der Waals surface area contributed by atoms with E-state index < -0.39 is 0 Å². The van der Waals surface area contributed by atoms with E-state index in [1.165, 1.54) is 0 Å². The fraction of sp³-hybridized carbons (Fsp3) is 0.818. The van der Waals surface area contributed by atoms with E-state index in [0.29, 0.717) is 12.3 Å². The third kappa shape index (κ3) is 5.23. The zero-order valence-electron chi connectivity index (χ0n) is 10.3. The van der Waals surface area contributed by atoms with Crippen LogP contribution in [0, 0.1) is 5.92 Å². The summed E-state index contributed by atoms with van der Waals surface area (Å²) in [7, 11) is 0. The van der Waals surface area contributed by atoms with Crippen molar-refractivity contribution in [1.82, 2.24) is 20.3 Å². The average molecular weight is 226 g/mol. The van der Waals surface area contributed by atoms with Gasteiger partial charge < -0.3 is 10.4 Å². The second-order valence-corrected chi connectivity index (χ2v) is 4.64. The van der Waals surface area contributed by atoms with Crippen molar-refractivity contribution in [3.63, 3.8) is 0 Å². The predicted molar refractivity (Wildman–Crippen MR) is 62.9 cm³/mol. The number of nitrogens with zero attached hydrogens (tertiary/aromatic N) is 3. The molecule has 16 heavy (non-hydrogen) atoms. The van der Waals surface area contributed by atoms with Gasteiger partial charge in [0, 0.05) is 19.3 Å². The molecule has 2 N–H and O–H groups in total. The molecule has 0 amide bonds. The van der Waals surface area contributed by atoms with Crippen LogP contribution in [0.2, 0.25) is 0 Å². The van der Waals surface area contributed by atoms with Crippen molar-refractivity contribution in [3.8, 4) is 0 Å². The largest absolute Gasteiger partial charge is 0.393 e. The van der Waals surface area contributed by atoms with Gasteiger partial charge in [-0.2, -0.15) is 0 Å². The van der Waals surface area contributed by atoms with Gasteiger partial charge in [-0.05, 0) is 25.8 Å². The molecule has 0 aromatic carbocycles. The van der Waals surface area contributed by atoms with Crippen molar-refractivity contribution >= 4 is 0 Å². The molecule has 0 aliphatic rings. The quantitative estimate of drug-likeness (QED) is 0.721. The molecule has 1 aromatic rings. The third-order valence-electron chi connectivity index (χ3n) is 2.22. The molecular formula is C11H22N4O. The van der Waals surface area contributed by atoms with Gasteiger partial charge >= 0.3 is 0 Å². The van der Waals surface area contributed by atoms with E-state index in [9.17, 15) is 0 Å². The zero-order valence-corrected chi connectivity index (χ0v) is 10.3. The van der Waals surface area contributed by atoms with Crippen molar-refractivity contribution in [2.24, 2.45) is 5.92 Å². The molecule has 5 heteroatoms. The Kier molecular flexibility index (Phi) is 5.42. The number of hydrogen-bond donors (Lipinski definition) is 2. The van der Waals surface area contributed by atoms with E-state index in [1.807, 2.05) is 6.20 Å². The Morgan fingerprint density at radius 2 is 2.19 bits per heavy atom. The average Bonchev–Trinajstić information content (AvgIpc) is 2.62. The fourth-order valence-corrected chi connectivity index (χ4v) is 1.34. The molecule has 0 aliphatic heterocycles. The van der Waals surface area contributed by atoms with Crippen LogP contribution in [-0.2, 0) is 13.1 Å². The van der Waals surface area contributed by atoms with Crippen LogP contribution >= 0.6 is 0 Å². The lowest BCUT2D eigenvalue weighted by molar-refractivity contribution is 0.176. The maximum absolute atomic E-state index is 9.15. The molecule has 0 saturated carbocycles. The van der Waals surface area contributed by atoms with Crippen LogP contribution in [0.5, 0.6) is 0 Å². The molecule has 5 nitrogen and oxygen atoms in total. The second-order valence-electron chi connectivity index (χ2n) is 4.64. The van der Waals surface area contributed by atoms with Crippen LogP contribution in [0.25, 0.3) is 0 Å². The van der Waals surface area contributed by atoms with Crippen molar-refractivity contribution in [2.45, 2.75) is 46.4 Å². The first kappa shape index (κ1) is 13.1. The Hall–Kier alpha value is -0.940. The van der Waals surface area contributed by atoms with Crippen molar-refractivity contribution < 1.29 is 5.11 Å². The molecule has 0 radical (unpaired) electrons. The second kappa shape index (κ2) is 6.60. The van der Waals surface area contributed by atoms with Crippen molar-refractivity contribution in [3.05, 3.63) is 11.9 Å². The minimum Gasteiger partial charge on any atom is -0.393 e. The lowest BCUT2D eigenvalue weighted by atomic mass is 10.2.